The minimum atomic E-state index is -4.76. The van der Waals surface area contributed by atoms with Gasteiger partial charge in [0, 0.05) is 31.2 Å². The van der Waals surface area contributed by atoms with Crippen LogP contribution in [0.2, 0.25) is 0 Å². The number of carbonyl (C=O) groups is 1. The molecule has 2 aromatic rings. The molecular weight excluding hydrogens is 497 g/mol. The summed E-state index contributed by atoms with van der Waals surface area (Å²) in [6.07, 6.45) is 1.79. The molecule has 38 heavy (non-hydrogen) atoms. The highest BCUT2D eigenvalue weighted by Crippen LogP contribution is 2.43. The van der Waals surface area contributed by atoms with E-state index in [2.05, 4.69) is 44.7 Å². The lowest BCUT2D eigenvalue weighted by Gasteiger charge is -2.42. The molecule has 1 fully saturated rings. The Morgan fingerprint density at radius 3 is 2.55 bits per heavy atom. The molecule has 2 aliphatic carbocycles. The number of alkyl halides is 3. The Labute approximate surface area is 220 Å². The molecule has 2 aliphatic rings. The SMILES string of the molecule is Cn1c(=O)n(CC(C)(C)C)c2ccc(C3CCC(C)(C)C(NC(=O)C4C=CC(OC(F)(F)F)=CC4)C3)nc21. The fourth-order valence-corrected chi connectivity index (χ4v) is 5.39. The van der Waals surface area contributed by atoms with Crippen molar-refractivity contribution in [2.45, 2.75) is 85.2 Å². The van der Waals surface area contributed by atoms with E-state index >= 15 is 0 Å². The van der Waals surface area contributed by atoms with Gasteiger partial charge in [0.15, 0.2) is 5.65 Å². The van der Waals surface area contributed by atoms with Crippen LogP contribution in [-0.2, 0) is 23.1 Å². The number of aryl methyl sites for hydroxylation is 1. The number of hydrogen-bond acceptors (Lipinski definition) is 4. The van der Waals surface area contributed by atoms with Crippen LogP contribution in [0.1, 0.15) is 71.9 Å². The predicted molar refractivity (Wildman–Crippen MR) is 139 cm³/mol. The summed E-state index contributed by atoms with van der Waals surface area (Å²) < 4.78 is 44.7. The molecule has 3 unspecified atom stereocenters. The number of halogens is 3. The number of nitrogens with one attached hydrogen (secondary N) is 1. The van der Waals surface area contributed by atoms with Crippen LogP contribution in [0, 0.1) is 16.7 Å². The molecule has 3 atom stereocenters. The minimum absolute atomic E-state index is 0.0621. The Morgan fingerprint density at radius 2 is 1.95 bits per heavy atom. The number of rotatable bonds is 5. The second kappa shape index (κ2) is 9.93. The third kappa shape index (κ3) is 6.15. The van der Waals surface area contributed by atoms with Gasteiger partial charge in [0.1, 0.15) is 5.76 Å². The molecule has 10 heteroatoms. The van der Waals surface area contributed by atoms with Gasteiger partial charge in [0.05, 0.1) is 11.4 Å². The zero-order valence-corrected chi connectivity index (χ0v) is 22.9. The number of ether oxygens (including phenoxy) is 1. The molecule has 4 rings (SSSR count). The maximum Gasteiger partial charge on any atom is 0.573 e. The zero-order valence-electron chi connectivity index (χ0n) is 22.9. The smallest absolute Gasteiger partial charge is 0.406 e. The summed E-state index contributed by atoms with van der Waals surface area (Å²) in [6, 6.07) is 3.82. The molecular formula is C28H37F3N4O3. The van der Waals surface area contributed by atoms with E-state index < -0.39 is 12.3 Å². The molecule has 0 saturated heterocycles. The van der Waals surface area contributed by atoms with Crippen LogP contribution in [0.25, 0.3) is 11.2 Å². The predicted octanol–water partition coefficient (Wildman–Crippen LogP) is 5.56. The maximum absolute atomic E-state index is 13.1. The van der Waals surface area contributed by atoms with Crippen LogP contribution >= 0.6 is 0 Å². The Kier molecular flexibility index (Phi) is 7.31. The van der Waals surface area contributed by atoms with E-state index in [1.807, 2.05) is 12.1 Å². The van der Waals surface area contributed by atoms with Crippen molar-refractivity contribution < 1.29 is 22.7 Å². The molecule has 1 amide bonds. The van der Waals surface area contributed by atoms with Crippen molar-refractivity contribution in [3.05, 3.63) is 52.3 Å². The van der Waals surface area contributed by atoms with Crippen molar-refractivity contribution in [2.24, 2.45) is 23.8 Å². The normalized spacial score (nSPS) is 23.8. The van der Waals surface area contributed by atoms with Crippen LogP contribution in [0.4, 0.5) is 13.2 Å². The summed E-state index contributed by atoms with van der Waals surface area (Å²) in [6.45, 7) is 11.1. The summed E-state index contributed by atoms with van der Waals surface area (Å²) in [4.78, 5) is 30.9. The van der Waals surface area contributed by atoms with Gasteiger partial charge in [0.25, 0.3) is 0 Å². The van der Waals surface area contributed by atoms with E-state index in [4.69, 9.17) is 4.98 Å². The molecule has 2 heterocycles. The number of pyridine rings is 1. The first-order chi connectivity index (χ1) is 17.5. The van der Waals surface area contributed by atoms with Gasteiger partial charge in [-0.2, -0.15) is 0 Å². The van der Waals surface area contributed by atoms with E-state index in [-0.39, 0.29) is 46.6 Å². The molecule has 1 N–H and O–H groups in total. The van der Waals surface area contributed by atoms with Crippen LogP contribution < -0.4 is 11.0 Å². The fraction of sp³-hybridized carbons (Fsp3) is 0.607. The van der Waals surface area contributed by atoms with Gasteiger partial charge in [-0.1, -0.05) is 40.7 Å². The fourth-order valence-electron chi connectivity index (χ4n) is 5.39. The standard InChI is InChI=1S/C28H37F3N4O3/c1-26(2,3)16-35-21-12-11-20(32-23(21)34(6)25(35)37)18-13-14-27(4,5)22(15-18)33-24(36)17-7-9-19(10-8-17)38-28(29,30)31/h7,9-12,17-18,22H,8,13-16H2,1-6H3,(H,33,36). The summed E-state index contributed by atoms with van der Waals surface area (Å²) >= 11 is 0. The molecule has 0 aromatic carbocycles. The molecule has 0 bridgehead atoms. The van der Waals surface area contributed by atoms with Crippen LogP contribution in [0.3, 0.4) is 0 Å². The van der Waals surface area contributed by atoms with E-state index in [0.717, 1.165) is 24.1 Å². The highest BCUT2D eigenvalue weighted by molar-refractivity contribution is 5.81. The third-order valence-electron chi connectivity index (χ3n) is 7.61. The minimum Gasteiger partial charge on any atom is -0.406 e. The molecule has 0 radical (unpaired) electrons. The highest BCUT2D eigenvalue weighted by Gasteiger charge is 2.39. The van der Waals surface area contributed by atoms with E-state index in [0.29, 0.717) is 18.6 Å². The summed E-state index contributed by atoms with van der Waals surface area (Å²) in [5.74, 6) is -0.968. The topological polar surface area (TPSA) is 78.2 Å². The average molecular weight is 535 g/mol. The number of amides is 1. The van der Waals surface area contributed by atoms with Crippen molar-refractivity contribution in [1.82, 2.24) is 19.4 Å². The summed E-state index contributed by atoms with van der Waals surface area (Å²) in [7, 11) is 1.74. The summed E-state index contributed by atoms with van der Waals surface area (Å²) in [5, 5.41) is 3.16. The number of carbonyl (C=O) groups excluding carboxylic acids is 1. The lowest BCUT2D eigenvalue weighted by Crippen LogP contribution is -2.50. The quantitative estimate of drug-likeness (QED) is 0.545. The van der Waals surface area contributed by atoms with Gasteiger partial charge in [0.2, 0.25) is 5.91 Å². The van der Waals surface area contributed by atoms with Crippen LogP contribution in [0.5, 0.6) is 0 Å². The molecule has 7 nitrogen and oxygen atoms in total. The number of fused-ring (bicyclic) bond motifs is 1. The van der Waals surface area contributed by atoms with Crippen LogP contribution in [-0.4, -0.2) is 32.4 Å². The van der Waals surface area contributed by atoms with Gasteiger partial charge in [-0.25, -0.2) is 9.78 Å². The van der Waals surface area contributed by atoms with Crippen molar-refractivity contribution in [2.75, 3.05) is 0 Å². The van der Waals surface area contributed by atoms with Gasteiger partial charge in [-0.05, 0) is 60.8 Å². The number of aromatic nitrogens is 3. The second-order valence-electron chi connectivity index (χ2n) is 12.4. The third-order valence-corrected chi connectivity index (χ3v) is 7.61. The van der Waals surface area contributed by atoms with E-state index in [1.54, 1.807) is 16.2 Å². The van der Waals surface area contributed by atoms with Crippen LogP contribution in [0.15, 0.2) is 40.9 Å². The monoisotopic (exact) mass is 534 g/mol. The molecule has 1 saturated carbocycles. The van der Waals surface area contributed by atoms with Crippen molar-refractivity contribution in [1.29, 1.82) is 0 Å². The number of nitrogens with zero attached hydrogens (tertiary/aromatic N) is 3. The molecule has 0 aliphatic heterocycles. The number of allylic oxidation sites excluding steroid dienone is 2. The Hall–Kier alpha value is -3.04. The number of imidazole rings is 1. The summed E-state index contributed by atoms with van der Waals surface area (Å²) in [5.41, 5.74) is 2.05. The first-order valence-electron chi connectivity index (χ1n) is 13.0. The van der Waals surface area contributed by atoms with E-state index in [9.17, 15) is 22.8 Å². The van der Waals surface area contributed by atoms with Gasteiger partial charge in [-0.15, -0.1) is 13.2 Å². The van der Waals surface area contributed by atoms with Gasteiger partial charge in [-0.3, -0.25) is 13.9 Å². The molecule has 208 valence electrons. The Balaban J connectivity index is 1.49. The zero-order chi connectivity index (χ0) is 28.0. The van der Waals surface area contributed by atoms with Crippen molar-refractivity contribution >= 4 is 17.1 Å². The Morgan fingerprint density at radius 1 is 1.24 bits per heavy atom. The lowest BCUT2D eigenvalue weighted by molar-refractivity contribution is -0.303. The Bertz CT molecular complexity index is 1330. The van der Waals surface area contributed by atoms with Crippen molar-refractivity contribution in [3.63, 3.8) is 0 Å². The lowest BCUT2D eigenvalue weighted by atomic mass is 9.68. The number of hydrogen-bond donors (Lipinski definition) is 1. The second-order valence-corrected chi connectivity index (χ2v) is 12.4. The van der Waals surface area contributed by atoms with Crippen molar-refractivity contribution in [3.8, 4) is 0 Å². The van der Waals surface area contributed by atoms with Gasteiger partial charge >= 0.3 is 12.1 Å². The average Bonchev–Trinajstić information content (AvgIpc) is 3.03. The highest BCUT2D eigenvalue weighted by atomic mass is 19.4. The first-order valence-corrected chi connectivity index (χ1v) is 13.0. The maximum atomic E-state index is 13.1. The first kappa shape index (κ1) is 28.0. The largest absolute Gasteiger partial charge is 0.573 e. The van der Waals surface area contributed by atoms with E-state index in [1.165, 1.54) is 18.2 Å². The molecule has 0 spiro atoms. The molecule has 2 aromatic heterocycles. The van der Waals surface area contributed by atoms with Gasteiger partial charge < -0.3 is 10.1 Å².